The lowest BCUT2D eigenvalue weighted by molar-refractivity contribution is -0.119. The molecule has 0 radical (unpaired) electrons. The summed E-state index contributed by atoms with van der Waals surface area (Å²) in [6, 6.07) is 6.27. The van der Waals surface area contributed by atoms with Gasteiger partial charge in [-0.15, -0.1) is 11.3 Å². The summed E-state index contributed by atoms with van der Waals surface area (Å²) in [7, 11) is -4.06. The summed E-state index contributed by atoms with van der Waals surface area (Å²) < 4.78 is 46.4. The molecule has 1 atom stereocenters. The lowest BCUT2D eigenvalue weighted by atomic mass is 10.2. The molecule has 11 heteroatoms. The van der Waals surface area contributed by atoms with E-state index >= 15 is 0 Å². The molecule has 0 spiro atoms. The van der Waals surface area contributed by atoms with Gasteiger partial charge in [-0.05, 0) is 42.5 Å². The number of halogens is 1. The highest BCUT2D eigenvalue weighted by Gasteiger charge is 2.35. The Morgan fingerprint density at radius 1 is 1.16 bits per heavy atom. The Balaban J connectivity index is 1.52. The van der Waals surface area contributed by atoms with Crippen molar-refractivity contribution in [1.29, 1.82) is 0 Å². The Labute approximate surface area is 183 Å². The molecule has 1 aromatic heterocycles. The van der Waals surface area contributed by atoms with Crippen LogP contribution in [0.5, 0.6) is 0 Å². The third-order valence-electron chi connectivity index (χ3n) is 5.33. The van der Waals surface area contributed by atoms with Crippen molar-refractivity contribution in [1.82, 2.24) is 9.21 Å². The molecule has 0 saturated carbocycles. The number of hydrogen-bond acceptors (Lipinski definition) is 6. The van der Waals surface area contributed by atoms with Crippen molar-refractivity contribution in [3.63, 3.8) is 0 Å². The first-order valence-corrected chi connectivity index (χ1v) is 12.2. The summed E-state index contributed by atoms with van der Waals surface area (Å²) in [6.45, 7) is 1.23. The zero-order chi connectivity index (χ0) is 22.0. The van der Waals surface area contributed by atoms with Crippen molar-refractivity contribution in [2.24, 2.45) is 0 Å². The number of benzene rings is 1. The van der Waals surface area contributed by atoms with Gasteiger partial charge in [0, 0.05) is 25.3 Å². The van der Waals surface area contributed by atoms with E-state index < -0.39 is 32.7 Å². The van der Waals surface area contributed by atoms with Gasteiger partial charge in [0.2, 0.25) is 15.9 Å². The van der Waals surface area contributed by atoms with E-state index in [1.807, 2.05) is 0 Å². The Morgan fingerprint density at radius 3 is 2.65 bits per heavy atom. The number of carbonyl (C=O) groups excluding carboxylic acids is 2. The molecule has 166 valence electrons. The molecule has 1 N–H and O–H groups in total. The van der Waals surface area contributed by atoms with Gasteiger partial charge < -0.3 is 15.0 Å². The number of anilines is 1. The minimum Gasteiger partial charge on any atom is -0.379 e. The van der Waals surface area contributed by atoms with Gasteiger partial charge in [-0.25, -0.2) is 12.8 Å². The number of ether oxygens (including phenoxy) is 1. The average molecular weight is 468 g/mol. The summed E-state index contributed by atoms with van der Waals surface area (Å²) in [5.74, 6) is -1.52. The largest absolute Gasteiger partial charge is 0.379 e. The number of nitrogens with zero attached hydrogens (tertiary/aromatic N) is 2. The van der Waals surface area contributed by atoms with Crippen LogP contribution < -0.4 is 5.32 Å². The molecular formula is C20H22FN3O5S2. The summed E-state index contributed by atoms with van der Waals surface area (Å²) in [4.78, 5) is 27.2. The number of sulfonamides is 1. The van der Waals surface area contributed by atoms with Crippen LogP contribution in [0.25, 0.3) is 0 Å². The molecule has 2 fully saturated rings. The van der Waals surface area contributed by atoms with Crippen molar-refractivity contribution >= 4 is 38.9 Å². The molecule has 2 amide bonds. The number of amides is 2. The second-order valence-corrected chi connectivity index (χ2v) is 10.1. The second-order valence-electron chi connectivity index (χ2n) is 7.28. The first-order valence-electron chi connectivity index (χ1n) is 9.91. The number of carbonyl (C=O) groups is 2. The number of thiophene rings is 1. The Kier molecular flexibility index (Phi) is 6.37. The zero-order valence-electron chi connectivity index (χ0n) is 16.6. The number of hydrogen-bond donors (Lipinski definition) is 1. The first kappa shape index (κ1) is 21.9. The highest BCUT2D eigenvalue weighted by Crippen LogP contribution is 2.26. The maximum atomic E-state index is 14.4. The molecule has 8 nitrogen and oxygen atoms in total. The molecule has 0 unspecified atom stereocenters. The zero-order valence-corrected chi connectivity index (χ0v) is 18.3. The summed E-state index contributed by atoms with van der Waals surface area (Å²) in [6.07, 6.45) is 1.19. The van der Waals surface area contributed by atoms with Crippen LogP contribution >= 0.6 is 11.3 Å². The lowest BCUT2D eigenvalue weighted by Crippen LogP contribution is -2.43. The van der Waals surface area contributed by atoms with Crippen LogP contribution in [0.1, 0.15) is 22.5 Å². The fourth-order valence-corrected chi connectivity index (χ4v) is 5.93. The average Bonchev–Trinajstić information content (AvgIpc) is 3.47. The van der Waals surface area contributed by atoms with Crippen molar-refractivity contribution in [2.45, 2.75) is 23.8 Å². The maximum absolute atomic E-state index is 14.4. The van der Waals surface area contributed by atoms with Gasteiger partial charge in [0.25, 0.3) is 5.91 Å². The van der Waals surface area contributed by atoms with Crippen LogP contribution in [0.4, 0.5) is 10.1 Å². The van der Waals surface area contributed by atoms with Crippen molar-refractivity contribution in [3.8, 4) is 0 Å². The quantitative estimate of drug-likeness (QED) is 0.727. The van der Waals surface area contributed by atoms with Gasteiger partial charge in [0.1, 0.15) is 16.8 Å². The number of rotatable bonds is 5. The molecular weight excluding hydrogens is 445 g/mol. The van der Waals surface area contributed by atoms with Crippen LogP contribution in [0.3, 0.4) is 0 Å². The van der Waals surface area contributed by atoms with Gasteiger partial charge in [-0.2, -0.15) is 4.31 Å². The smallest absolute Gasteiger partial charge is 0.264 e. The Bertz CT molecular complexity index is 1070. The van der Waals surface area contributed by atoms with E-state index in [0.29, 0.717) is 24.3 Å². The molecule has 0 bridgehead atoms. The van der Waals surface area contributed by atoms with Crippen molar-refractivity contribution < 1.29 is 27.1 Å². The maximum Gasteiger partial charge on any atom is 0.264 e. The fraction of sp³-hybridized carbons (Fsp3) is 0.400. The Hall–Kier alpha value is -2.34. The molecule has 31 heavy (non-hydrogen) atoms. The molecule has 2 saturated heterocycles. The van der Waals surface area contributed by atoms with Gasteiger partial charge in [-0.1, -0.05) is 6.07 Å². The van der Waals surface area contributed by atoms with Crippen molar-refractivity contribution in [3.05, 3.63) is 46.4 Å². The van der Waals surface area contributed by atoms with Crippen LogP contribution in [0.15, 0.2) is 40.6 Å². The van der Waals surface area contributed by atoms with E-state index in [1.54, 1.807) is 17.5 Å². The van der Waals surface area contributed by atoms with E-state index in [4.69, 9.17) is 4.74 Å². The summed E-state index contributed by atoms with van der Waals surface area (Å²) in [5, 5.41) is 4.45. The SMILES string of the molecule is O=C(Nc1ccc(F)c(S(=O)(=O)N2CCOCC2)c1)[C@@H]1CCCN1C(=O)c1cccs1. The molecule has 2 aliphatic rings. The second kappa shape index (κ2) is 9.03. The van der Waals surface area contributed by atoms with Crippen LogP contribution in [0, 0.1) is 5.82 Å². The lowest BCUT2D eigenvalue weighted by Gasteiger charge is -2.26. The molecule has 2 aliphatic heterocycles. The van der Waals surface area contributed by atoms with E-state index in [2.05, 4.69) is 5.32 Å². The number of likely N-dealkylation sites (tertiary alicyclic amines) is 1. The van der Waals surface area contributed by atoms with E-state index in [-0.39, 0.29) is 37.9 Å². The third kappa shape index (κ3) is 4.49. The highest BCUT2D eigenvalue weighted by molar-refractivity contribution is 7.89. The molecule has 1 aromatic carbocycles. The van der Waals surface area contributed by atoms with Crippen molar-refractivity contribution in [2.75, 3.05) is 38.2 Å². The van der Waals surface area contributed by atoms with Gasteiger partial charge in [-0.3, -0.25) is 9.59 Å². The summed E-state index contributed by atoms with van der Waals surface area (Å²) >= 11 is 1.31. The van der Waals surface area contributed by atoms with Crippen LogP contribution in [0.2, 0.25) is 0 Å². The summed E-state index contributed by atoms with van der Waals surface area (Å²) in [5.41, 5.74) is 0.161. The first-order chi connectivity index (χ1) is 14.9. The molecule has 2 aromatic rings. The van der Waals surface area contributed by atoms with Gasteiger partial charge >= 0.3 is 0 Å². The minimum absolute atomic E-state index is 0.139. The minimum atomic E-state index is -4.06. The topological polar surface area (TPSA) is 96.0 Å². The normalized spacial score (nSPS) is 20.0. The van der Waals surface area contributed by atoms with Gasteiger partial charge in [0.15, 0.2) is 0 Å². The van der Waals surface area contributed by atoms with Crippen LogP contribution in [-0.4, -0.2) is 68.3 Å². The fourth-order valence-electron chi connectivity index (χ4n) is 3.75. The van der Waals surface area contributed by atoms with Crippen LogP contribution in [-0.2, 0) is 19.6 Å². The number of morpholine rings is 1. The molecule has 3 heterocycles. The monoisotopic (exact) mass is 467 g/mol. The predicted octanol–water partition coefficient (Wildman–Crippen LogP) is 2.15. The highest BCUT2D eigenvalue weighted by atomic mass is 32.2. The molecule has 4 rings (SSSR count). The van der Waals surface area contributed by atoms with E-state index in [0.717, 1.165) is 12.1 Å². The van der Waals surface area contributed by atoms with E-state index in [9.17, 15) is 22.4 Å². The van der Waals surface area contributed by atoms with Gasteiger partial charge in [0.05, 0.1) is 18.1 Å². The predicted molar refractivity (Wildman–Crippen MR) is 113 cm³/mol. The van der Waals surface area contributed by atoms with E-state index in [1.165, 1.54) is 26.6 Å². The third-order valence-corrected chi connectivity index (χ3v) is 8.11. The standard InChI is InChI=1S/C20H22FN3O5S2/c21-15-6-5-14(13-18(15)31(27,28)23-8-10-29-11-9-23)22-19(25)16-3-1-7-24(16)20(26)17-4-2-12-30-17/h2,4-6,12-13,16H,1,3,7-11H2,(H,22,25)/t16-/m0/s1. The number of nitrogens with one attached hydrogen (secondary N) is 1. The Morgan fingerprint density at radius 2 is 1.94 bits per heavy atom. The molecule has 0 aliphatic carbocycles.